The number of benzene rings is 1. The van der Waals surface area contributed by atoms with E-state index in [1.54, 1.807) is 18.4 Å². The van der Waals surface area contributed by atoms with Gasteiger partial charge in [0.05, 0.1) is 0 Å². The summed E-state index contributed by atoms with van der Waals surface area (Å²) in [6, 6.07) is 7.96. The van der Waals surface area contributed by atoms with Crippen molar-refractivity contribution in [2.75, 3.05) is 18.4 Å². The van der Waals surface area contributed by atoms with Crippen molar-refractivity contribution in [1.29, 1.82) is 5.26 Å². The summed E-state index contributed by atoms with van der Waals surface area (Å²) in [5.74, 6) is -0.397. The molecule has 4 heteroatoms. The van der Waals surface area contributed by atoms with E-state index in [0.717, 1.165) is 29.7 Å². The predicted molar refractivity (Wildman–Crippen MR) is 99.5 cm³/mol. The fraction of sp³-hybridized carbons (Fsp3) is 0.300. The lowest BCUT2D eigenvalue weighted by Gasteiger charge is -2.18. The first-order valence-electron chi connectivity index (χ1n) is 8.11. The third-order valence-electron chi connectivity index (χ3n) is 3.64. The van der Waals surface area contributed by atoms with Crippen LogP contribution in [0.15, 0.2) is 55.3 Å². The van der Waals surface area contributed by atoms with E-state index < -0.39 is 5.91 Å². The lowest BCUT2D eigenvalue weighted by Crippen LogP contribution is -2.22. The number of hydrogen-bond acceptors (Lipinski definition) is 3. The highest BCUT2D eigenvalue weighted by Gasteiger charge is 2.14. The number of nitrogens with zero attached hydrogens (tertiary/aromatic N) is 2. The summed E-state index contributed by atoms with van der Waals surface area (Å²) >= 11 is 0. The van der Waals surface area contributed by atoms with E-state index >= 15 is 0 Å². The monoisotopic (exact) mass is 323 g/mol. The third kappa shape index (κ3) is 5.13. The van der Waals surface area contributed by atoms with E-state index in [4.69, 9.17) is 0 Å². The minimum Gasteiger partial charge on any atom is -0.369 e. The van der Waals surface area contributed by atoms with Gasteiger partial charge in [-0.05, 0) is 24.0 Å². The summed E-state index contributed by atoms with van der Waals surface area (Å²) < 4.78 is 0. The van der Waals surface area contributed by atoms with Crippen LogP contribution < -0.4 is 5.32 Å². The lowest BCUT2D eigenvalue weighted by molar-refractivity contribution is -0.112. The van der Waals surface area contributed by atoms with Crippen molar-refractivity contribution in [2.45, 2.75) is 26.7 Å². The first kappa shape index (κ1) is 19.2. The molecule has 0 fully saturated rings. The maximum Gasteiger partial charge on any atom is 0.267 e. The molecule has 1 rings (SSSR count). The smallest absolute Gasteiger partial charge is 0.267 e. The number of amides is 1. The van der Waals surface area contributed by atoms with Gasteiger partial charge in [-0.25, -0.2) is 0 Å². The summed E-state index contributed by atoms with van der Waals surface area (Å²) in [6.45, 7) is 12.5. The van der Waals surface area contributed by atoms with Crippen LogP contribution in [0.25, 0.3) is 0 Å². The van der Waals surface area contributed by atoms with Crippen molar-refractivity contribution in [2.24, 2.45) is 0 Å². The maximum absolute atomic E-state index is 12.5. The molecular formula is C20H25N3O. The first-order chi connectivity index (χ1) is 11.6. The normalized spacial score (nSPS) is 10.6. The van der Waals surface area contributed by atoms with Gasteiger partial charge >= 0.3 is 0 Å². The zero-order valence-corrected chi connectivity index (χ0v) is 14.5. The molecule has 0 aliphatic heterocycles. The molecular weight excluding hydrogens is 298 g/mol. The number of rotatable bonds is 9. The second kappa shape index (κ2) is 10.1. The van der Waals surface area contributed by atoms with E-state index in [1.807, 2.05) is 43.0 Å². The Morgan fingerprint density at radius 3 is 2.17 bits per heavy atom. The maximum atomic E-state index is 12.5. The Bertz CT molecular complexity index is 636. The average molecular weight is 323 g/mol. The molecule has 1 aromatic carbocycles. The molecule has 0 bridgehead atoms. The largest absolute Gasteiger partial charge is 0.369 e. The van der Waals surface area contributed by atoms with Gasteiger partial charge in [-0.3, -0.25) is 4.79 Å². The van der Waals surface area contributed by atoms with Crippen LogP contribution in [-0.4, -0.2) is 23.9 Å². The first-order valence-corrected chi connectivity index (χ1v) is 8.11. The molecule has 0 atom stereocenters. The molecule has 0 heterocycles. The van der Waals surface area contributed by atoms with E-state index in [-0.39, 0.29) is 5.57 Å². The molecule has 0 aliphatic carbocycles. The standard InChI is InChI=1S/C20H25N3O/c1-5-12-23(13-6-2)15-18(14-21)20(24)22-19-16(7-3)10-9-11-17(19)8-4/h5-6,9-11,15H,1-2,7-8,12-13H2,3-4H3,(H,22,24)/b18-15-. The molecule has 0 aliphatic rings. The molecule has 1 amide bonds. The van der Waals surface area contributed by atoms with Crippen molar-refractivity contribution < 1.29 is 4.79 Å². The molecule has 1 N–H and O–H groups in total. The third-order valence-corrected chi connectivity index (χ3v) is 3.64. The number of carbonyl (C=O) groups excluding carboxylic acids is 1. The highest BCUT2D eigenvalue weighted by atomic mass is 16.1. The average Bonchev–Trinajstić information content (AvgIpc) is 2.59. The van der Waals surface area contributed by atoms with Crippen LogP contribution >= 0.6 is 0 Å². The molecule has 24 heavy (non-hydrogen) atoms. The van der Waals surface area contributed by atoms with Crippen LogP contribution in [0.2, 0.25) is 0 Å². The number of anilines is 1. The van der Waals surface area contributed by atoms with Crippen LogP contribution in [0.1, 0.15) is 25.0 Å². The van der Waals surface area contributed by atoms with Crippen LogP contribution in [0.5, 0.6) is 0 Å². The van der Waals surface area contributed by atoms with Crippen LogP contribution in [-0.2, 0) is 17.6 Å². The Morgan fingerprint density at radius 1 is 1.21 bits per heavy atom. The van der Waals surface area contributed by atoms with E-state index in [1.165, 1.54) is 0 Å². The number of aryl methyl sites for hydroxylation is 2. The van der Waals surface area contributed by atoms with E-state index in [0.29, 0.717) is 13.1 Å². The summed E-state index contributed by atoms with van der Waals surface area (Å²) in [4.78, 5) is 14.4. The van der Waals surface area contributed by atoms with E-state index in [9.17, 15) is 10.1 Å². The summed E-state index contributed by atoms with van der Waals surface area (Å²) in [5.41, 5.74) is 3.00. The Balaban J connectivity index is 3.10. The van der Waals surface area contributed by atoms with Crippen LogP contribution in [0.4, 0.5) is 5.69 Å². The second-order valence-corrected chi connectivity index (χ2v) is 5.30. The Kier molecular flexibility index (Phi) is 8.07. The van der Waals surface area contributed by atoms with E-state index in [2.05, 4.69) is 18.5 Å². The Hall–Kier alpha value is -2.80. The summed E-state index contributed by atoms with van der Waals surface area (Å²) in [5, 5.41) is 12.3. The molecule has 0 unspecified atom stereocenters. The topological polar surface area (TPSA) is 56.1 Å². The molecule has 0 radical (unpaired) electrons. The molecule has 0 saturated carbocycles. The fourth-order valence-corrected chi connectivity index (χ4v) is 2.42. The highest BCUT2D eigenvalue weighted by molar-refractivity contribution is 6.07. The molecule has 126 valence electrons. The van der Waals surface area contributed by atoms with Crippen molar-refractivity contribution in [3.8, 4) is 6.07 Å². The van der Waals surface area contributed by atoms with Crippen molar-refractivity contribution in [3.05, 3.63) is 66.4 Å². The highest BCUT2D eigenvalue weighted by Crippen LogP contribution is 2.23. The van der Waals surface area contributed by atoms with Crippen LogP contribution in [0.3, 0.4) is 0 Å². The van der Waals surface area contributed by atoms with Crippen molar-refractivity contribution >= 4 is 11.6 Å². The number of hydrogen-bond donors (Lipinski definition) is 1. The van der Waals surface area contributed by atoms with Gasteiger partial charge in [-0.2, -0.15) is 5.26 Å². The summed E-state index contributed by atoms with van der Waals surface area (Å²) in [6.07, 6.45) is 6.62. The van der Waals surface area contributed by atoms with Crippen molar-refractivity contribution in [1.82, 2.24) is 4.90 Å². The zero-order valence-electron chi connectivity index (χ0n) is 14.5. The molecule has 0 saturated heterocycles. The zero-order chi connectivity index (χ0) is 17.9. The van der Waals surface area contributed by atoms with Gasteiger partial charge < -0.3 is 10.2 Å². The Morgan fingerprint density at radius 2 is 1.75 bits per heavy atom. The van der Waals surface area contributed by atoms with Gasteiger partial charge in [0.2, 0.25) is 0 Å². The van der Waals surface area contributed by atoms with Crippen LogP contribution in [0, 0.1) is 11.3 Å². The minimum atomic E-state index is -0.397. The Labute approximate surface area is 144 Å². The number of nitrogens with one attached hydrogen (secondary N) is 1. The summed E-state index contributed by atoms with van der Waals surface area (Å²) in [7, 11) is 0. The van der Waals surface area contributed by atoms with Gasteiger partial charge in [0.25, 0.3) is 5.91 Å². The predicted octanol–water partition coefficient (Wildman–Crippen LogP) is 3.83. The molecule has 1 aromatic rings. The van der Waals surface area contributed by atoms with Crippen molar-refractivity contribution in [3.63, 3.8) is 0 Å². The van der Waals surface area contributed by atoms with Gasteiger partial charge in [0.15, 0.2) is 0 Å². The number of carbonyl (C=O) groups is 1. The second-order valence-electron chi connectivity index (χ2n) is 5.30. The van der Waals surface area contributed by atoms with Gasteiger partial charge in [-0.15, -0.1) is 13.2 Å². The minimum absolute atomic E-state index is 0.0617. The molecule has 0 spiro atoms. The van der Waals surface area contributed by atoms with Gasteiger partial charge in [-0.1, -0.05) is 44.2 Å². The van der Waals surface area contributed by atoms with Gasteiger partial charge in [0.1, 0.15) is 11.6 Å². The lowest BCUT2D eigenvalue weighted by atomic mass is 10.0. The molecule has 0 aromatic heterocycles. The quantitative estimate of drug-likeness (QED) is 0.427. The molecule has 4 nitrogen and oxygen atoms in total. The SMILES string of the molecule is C=CCN(/C=C(/C#N)C(=O)Nc1c(CC)cccc1CC)CC=C. The van der Waals surface area contributed by atoms with Gasteiger partial charge in [0, 0.05) is 25.0 Å². The number of para-hydroxylation sites is 1. The number of nitriles is 1. The fourth-order valence-electron chi connectivity index (χ4n) is 2.42.